The summed E-state index contributed by atoms with van der Waals surface area (Å²) in [6, 6.07) is 1.86. The van der Waals surface area contributed by atoms with Crippen molar-refractivity contribution in [3.8, 4) is 0 Å². The molecule has 1 fully saturated rings. The van der Waals surface area contributed by atoms with Gasteiger partial charge in [0, 0.05) is 17.6 Å². The zero-order valence-corrected chi connectivity index (χ0v) is 11.0. The van der Waals surface area contributed by atoms with E-state index in [1.807, 2.05) is 11.4 Å². The number of amides is 1. The topological polar surface area (TPSA) is 49.8 Å². The van der Waals surface area contributed by atoms with Crippen molar-refractivity contribution < 1.29 is 14.6 Å². The lowest BCUT2D eigenvalue weighted by Gasteiger charge is -2.31. The molecule has 16 heavy (non-hydrogen) atoms. The van der Waals surface area contributed by atoms with Gasteiger partial charge in [-0.25, -0.2) is 0 Å². The fourth-order valence-electron chi connectivity index (χ4n) is 1.60. The van der Waals surface area contributed by atoms with Crippen molar-refractivity contribution in [1.29, 1.82) is 0 Å². The monoisotopic (exact) mass is 305 g/mol. The second-order valence-electron chi connectivity index (χ2n) is 3.52. The van der Waals surface area contributed by atoms with Gasteiger partial charge in [-0.3, -0.25) is 4.79 Å². The van der Waals surface area contributed by atoms with Crippen molar-refractivity contribution in [1.82, 2.24) is 4.90 Å². The molecule has 1 aromatic heterocycles. The number of aliphatic hydroxyl groups excluding tert-OH is 1. The van der Waals surface area contributed by atoms with Gasteiger partial charge >= 0.3 is 0 Å². The van der Waals surface area contributed by atoms with Crippen LogP contribution in [-0.2, 0) is 4.74 Å². The molecule has 2 rings (SSSR count). The predicted octanol–water partition coefficient (Wildman–Crippen LogP) is 1.34. The van der Waals surface area contributed by atoms with Gasteiger partial charge in [-0.1, -0.05) is 0 Å². The standard InChI is InChI=1S/C10H12BrNO3S/c11-8-1-4-16-9(8)10(14)12-2-3-15-7(5-12)6-13/h1,4,7,13H,2-3,5-6H2. The van der Waals surface area contributed by atoms with Gasteiger partial charge in [-0.15, -0.1) is 11.3 Å². The highest BCUT2D eigenvalue weighted by Crippen LogP contribution is 2.24. The summed E-state index contributed by atoms with van der Waals surface area (Å²) in [5, 5.41) is 10.9. The van der Waals surface area contributed by atoms with Gasteiger partial charge < -0.3 is 14.7 Å². The van der Waals surface area contributed by atoms with Crippen molar-refractivity contribution in [3.05, 3.63) is 20.8 Å². The Kier molecular flexibility index (Phi) is 3.96. The highest BCUT2D eigenvalue weighted by atomic mass is 79.9. The van der Waals surface area contributed by atoms with Gasteiger partial charge in [0.15, 0.2) is 0 Å². The van der Waals surface area contributed by atoms with E-state index in [4.69, 9.17) is 9.84 Å². The number of nitrogens with zero attached hydrogens (tertiary/aromatic N) is 1. The molecule has 1 aliphatic heterocycles. The molecular weight excluding hydrogens is 294 g/mol. The zero-order chi connectivity index (χ0) is 11.5. The molecule has 1 aliphatic rings. The quantitative estimate of drug-likeness (QED) is 0.897. The summed E-state index contributed by atoms with van der Waals surface area (Å²) >= 11 is 4.77. The number of hydrogen-bond acceptors (Lipinski definition) is 4. The fourth-order valence-corrected chi connectivity index (χ4v) is 3.11. The highest BCUT2D eigenvalue weighted by Gasteiger charge is 2.26. The first-order chi connectivity index (χ1) is 7.72. The maximum atomic E-state index is 12.1. The lowest BCUT2D eigenvalue weighted by molar-refractivity contribution is -0.0446. The van der Waals surface area contributed by atoms with Crippen LogP contribution in [0.1, 0.15) is 9.67 Å². The minimum atomic E-state index is -0.253. The molecule has 6 heteroatoms. The van der Waals surface area contributed by atoms with Crippen molar-refractivity contribution >= 4 is 33.2 Å². The third kappa shape index (κ3) is 2.45. The largest absolute Gasteiger partial charge is 0.394 e. The molecular formula is C10H12BrNO3S. The Morgan fingerprint density at radius 3 is 3.19 bits per heavy atom. The third-order valence-electron chi connectivity index (χ3n) is 2.44. The SMILES string of the molecule is O=C(c1sccc1Br)N1CCOC(CO)C1. The van der Waals surface area contributed by atoms with Crippen LogP contribution in [0, 0.1) is 0 Å². The normalized spacial score (nSPS) is 21.1. The molecule has 0 aromatic carbocycles. The Labute approximate surface area is 106 Å². The lowest BCUT2D eigenvalue weighted by atomic mass is 10.2. The van der Waals surface area contributed by atoms with Crippen molar-refractivity contribution in [2.24, 2.45) is 0 Å². The number of carbonyl (C=O) groups is 1. The lowest BCUT2D eigenvalue weighted by Crippen LogP contribution is -2.46. The first kappa shape index (κ1) is 12.0. The molecule has 1 unspecified atom stereocenters. The summed E-state index contributed by atoms with van der Waals surface area (Å²) in [6.45, 7) is 1.48. The molecule has 1 atom stereocenters. The Morgan fingerprint density at radius 1 is 1.75 bits per heavy atom. The number of hydrogen-bond donors (Lipinski definition) is 1. The Morgan fingerprint density at radius 2 is 2.56 bits per heavy atom. The van der Waals surface area contributed by atoms with Gasteiger partial charge in [0.05, 0.1) is 19.3 Å². The molecule has 2 heterocycles. The van der Waals surface area contributed by atoms with Crippen LogP contribution >= 0.6 is 27.3 Å². The molecule has 1 amide bonds. The van der Waals surface area contributed by atoms with Gasteiger partial charge in [-0.2, -0.15) is 0 Å². The molecule has 0 spiro atoms. The van der Waals surface area contributed by atoms with Crippen LogP contribution < -0.4 is 0 Å². The second kappa shape index (κ2) is 5.27. The number of halogens is 1. The Hall–Kier alpha value is -0.430. The van der Waals surface area contributed by atoms with E-state index in [0.29, 0.717) is 24.6 Å². The number of aliphatic hydroxyl groups is 1. The molecule has 1 aromatic rings. The van der Waals surface area contributed by atoms with E-state index >= 15 is 0 Å². The van der Waals surface area contributed by atoms with Crippen LogP contribution in [0.3, 0.4) is 0 Å². The molecule has 0 saturated carbocycles. The average Bonchev–Trinajstić information content (AvgIpc) is 2.74. The van der Waals surface area contributed by atoms with E-state index < -0.39 is 0 Å². The Balaban J connectivity index is 2.07. The zero-order valence-electron chi connectivity index (χ0n) is 8.56. The smallest absolute Gasteiger partial charge is 0.265 e. The fraction of sp³-hybridized carbons (Fsp3) is 0.500. The first-order valence-electron chi connectivity index (χ1n) is 4.97. The predicted molar refractivity (Wildman–Crippen MR) is 64.7 cm³/mol. The molecule has 1 saturated heterocycles. The molecule has 4 nitrogen and oxygen atoms in total. The molecule has 0 radical (unpaired) electrons. The van der Waals surface area contributed by atoms with Crippen LogP contribution in [0.4, 0.5) is 0 Å². The van der Waals surface area contributed by atoms with Crippen molar-refractivity contribution in [2.45, 2.75) is 6.10 Å². The molecule has 0 bridgehead atoms. The van der Waals surface area contributed by atoms with Gasteiger partial charge in [0.2, 0.25) is 0 Å². The van der Waals surface area contributed by atoms with E-state index in [2.05, 4.69) is 15.9 Å². The number of rotatable bonds is 2. The van der Waals surface area contributed by atoms with Crippen LogP contribution in [0.15, 0.2) is 15.9 Å². The maximum Gasteiger partial charge on any atom is 0.265 e. The van der Waals surface area contributed by atoms with Gasteiger partial charge in [0.1, 0.15) is 4.88 Å². The average molecular weight is 306 g/mol. The summed E-state index contributed by atoms with van der Waals surface area (Å²) < 4.78 is 6.13. The number of thiophene rings is 1. The summed E-state index contributed by atoms with van der Waals surface area (Å²) in [5.41, 5.74) is 0. The summed E-state index contributed by atoms with van der Waals surface area (Å²) in [7, 11) is 0. The first-order valence-corrected chi connectivity index (χ1v) is 6.64. The second-order valence-corrected chi connectivity index (χ2v) is 5.29. The summed E-state index contributed by atoms with van der Waals surface area (Å²) in [4.78, 5) is 14.5. The minimum Gasteiger partial charge on any atom is -0.394 e. The van der Waals surface area contributed by atoms with Crippen molar-refractivity contribution in [2.75, 3.05) is 26.3 Å². The van der Waals surface area contributed by atoms with E-state index in [0.717, 1.165) is 4.47 Å². The number of morpholine rings is 1. The van der Waals surface area contributed by atoms with Crippen LogP contribution in [0.5, 0.6) is 0 Å². The van der Waals surface area contributed by atoms with Crippen LogP contribution in [0.2, 0.25) is 0 Å². The van der Waals surface area contributed by atoms with Gasteiger partial charge in [0.25, 0.3) is 5.91 Å². The van der Waals surface area contributed by atoms with E-state index in [-0.39, 0.29) is 18.6 Å². The van der Waals surface area contributed by atoms with Gasteiger partial charge in [-0.05, 0) is 27.4 Å². The summed E-state index contributed by atoms with van der Waals surface area (Å²) in [5.74, 6) is 0.00336. The molecule has 1 N–H and O–H groups in total. The molecule has 88 valence electrons. The molecule has 0 aliphatic carbocycles. The summed E-state index contributed by atoms with van der Waals surface area (Å²) in [6.07, 6.45) is -0.253. The third-order valence-corrected chi connectivity index (χ3v) is 4.27. The number of carbonyl (C=O) groups excluding carboxylic acids is 1. The van der Waals surface area contributed by atoms with E-state index in [1.54, 1.807) is 4.90 Å². The minimum absolute atomic E-state index is 0.00336. The van der Waals surface area contributed by atoms with Crippen LogP contribution in [-0.4, -0.2) is 48.3 Å². The number of ether oxygens (including phenoxy) is 1. The Bertz CT molecular complexity index is 382. The highest BCUT2D eigenvalue weighted by molar-refractivity contribution is 9.10. The maximum absolute atomic E-state index is 12.1. The van der Waals surface area contributed by atoms with Crippen LogP contribution in [0.25, 0.3) is 0 Å². The van der Waals surface area contributed by atoms with E-state index in [1.165, 1.54) is 11.3 Å². The van der Waals surface area contributed by atoms with E-state index in [9.17, 15) is 4.79 Å². The van der Waals surface area contributed by atoms with Crippen molar-refractivity contribution in [3.63, 3.8) is 0 Å².